The fourth-order valence-corrected chi connectivity index (χ4v) is 1.84. The Morgan fingerprint density at radius 1 is 1.60 bits per heavy atom. The average Bonchev–Trinajstić information content (AvgIpc) is 2.41. The van der Waals surface area contributed by atoms with Gasteiger partial charge in [-0.15, -0.1) is 0 Å². The summed E-state index contributed by atoms with van der Waals surface area (Å²) in [6.45, 7) is 3.63. The molecule has 4 atom stereocenters. The van der Waals surface area contributed by atoms with Crippen LogP contribution in [0.25, 0.3) is 0 Å². The number of hydrogen-bond acceptors (Lipinski definition) is 3. The van der Waals surface area contributed by atoms with Crippen LogP contribution >= 0.6 is 0 Å². The predicted molar refractivity (Wildman–Crippen MR) is 36.7 cm³/mol. The van der Waals surface area contributed by atoms with Crippen molar-refractivity contribution in [2.45, 2.75) is 25.2 Å². The Morgan fingerprint density at radius 3 is 3.10 bits per heavy atom. The summed E-state index contributed by atoms with van der Waals surface area (Å²) in [5.41, 5.74) is 0. The largest absolute Gasteiger partial charge is 0.389 e. The van der Waals surface area contributed by atoms with Crippen LogP contribution in [0.15, 0.2) is 0 Å². The SMILES string of the molecule is C[C@H]1CN[C@H]2[C@H]1OC[C@@H]2O. The molecule has 58 valence electrons. The molecule has 0 spiro atoms. The van der Waals surface area contributed by atoms with E-state index in [2.05, 4.69) is 12.2 Å². The number of fused-ring (bicyclic) bond motifs is 1. The second-order valence-electron chi connectivity index (χ2n) is 3.28. The maximum atomic E-state index is 9.33. The summed E-state index contributed by atoms with van der Waals surface area (Å²) in [6.07, 6.45) is -0.0232. The van der Waals surface area contributed by atoms with Gasteiger partial charge in [-0.05, 0) is 5.92 Å². The van der Waals surface area contributed by atoms with Crippen LogP contribution in [0.5, 0.6) is 0 Å². The molecule has 0 bridgehead atoms. The molecule has 3 heteroatoms. The highest BCUT2D eigenvalue weighted by Crippen LogP contribution is 2.25. The monoisotopic (exact) mass is 143 g/mol. The van der Waals surface area contributed by atoms with E-state index in [9.17, 15) is 5.11 Å². The first kappa shape index (κ1) is 6.58. The van der Waals surface area contributed by atoms with Crippen molar-refractivity contribution in [1.29, 1.82) is 0 Å². The van der Waals surface area contributed by atoms with E-state index in [1.54, 1.807) is 0 Å². The summed E-state index contributed by atoms with van der Waals surface area (Å²) in [5, 5.41) is 12.6. The zero-order valence-corrected chi connectivity index (χ0v) is 6.08. The lowest BCUT2D eigenvalue weighted by Crippen LogP contribution is -2.36. The van der Waals surface area contributed by atoms with Gasteiger partial charge in [0.2, 0.25) is 0 Å². The van der Waals surface area contributed by atoms with Gasteiger partial charge >= 0.3 is 0 Å². The Kier molecular flexibility index (Phi) is 1.44. The summed E-state index contributed by atoms with van der Waals surface area (Å²) in [7, 11) is 0. The standard InChI is InChI=1S/C7H13NO2/c1-4-2-8-6-5(9)3-10-7(4)6/h4-9H,2-3H2,1H3/t4-,5-,6+,7-/m0/s1. The molecule has 2 aliphatic heterocycles. The van der Waals surface area contributed by atoms with Crippen LogP contribution in [0.2, 0.25) is 0 Å². The van der Waals surface area contributed by atoms with E-state index in [4.69, 9.17) is 4.74 Å². The molecule has 0 unspecified atom stereocenters. The van der Waals surface area contributed by atoms with Crippen molar-refractivity contribution in [3.05, 3.63) is 0 Å². The van der Waals surface area contributed by atoms with E-state index in [0.29, 0.717) is 12.5 Å². The molecule has 2 rings (SSSR count). The van der Waals surface area contributed by atoms with Crippen LogP contribution in [-0.4, -0.2) is 36.5 Å². The number of aliphatic hydroxyl groups excluding tert-OH is 1. The minimum Gasteiger partial charge on any atom is -0.389 e. The Morgan fingerprint density at radius 2 is 2.40 bits per heavy atom. The topological polar surface area (TPSA) is 41.5 Å². The molecule has 2 N–H and O–H groups in total. The van der Waals surface area contributed by atoms with Gasteiger partial charge in [0.15, 0.2) is 0 Å². The first-order valence-electron chi connectivity index (χ1n) is 3.82. The van der Waals surface area contributed by atoms with Crippen molar-refractivity contribution < 1.29 is 9.84 Å². The van der Waals surface area contributed by atoms with Gasteiger partial charge in [0.1, 0.15) is 0 Å². The summed E-state index contributed by atoms with van der Waals surface area (Å²) in [6, 6.07) is 0.204. The Bertz CT molecular complexity index is 124. The van der Waals surface area contributed by atoms with E-state index in [0.717, 1.165) is 6.54 Å². The third kappa shape index (κ3) is 0.779. The maximum Gasteiger partial charge on any atom is 0.0951 e. The lowest BCUT2D eigenvalue weighted by molar-refractivity contribution is 0.0674. The summed E-state index contributed by atoms with van der Waals surface area (Å²) in [4.78, 5) is 0. The molecular weight excluding hydrogens is 130 g/mol. The zero-order valence-electron chi connectivity index (χ0n) is 6.08. The zero-order chi connectivity index (χ0) is 7.14. The molecule has 0 aliphatic carbocycles. The molecule has 0 aromatic heterocycles. The van der Waals surface area contributed by atoms with Crippen molar-refractivity contribution in [2.24, 2.45) is 5.92 Å². The Hall–Kier alpha value is -0.120. The van der Waals surface area contributed by atoms with Crippen LogP contribution in [0, 0.1) is 5.92 Å². The molecular formula is C7H13NO2. The highest BCUT2D eigenvalue weighted by molar-refractivity contribution is 4.97. The Labute approximate surface area is 60.4 Å². The molecule has 2 saturated heterocycles. The molecule has 0 amide bonds. The maximum absolute atomic E-state index is 9.33. The summed E-state index contributed by atoms with van der Waals surface area (Å²) >= 11 is 0. The highest BCUT2D eigenvalue weighted by atomic mass is 16.5. The molecule has 2 fully saturated rings. The van der Waals surface area contributed by atoms with Gasteiger partial charge in [0.05, 0.1) is 24.9 Å². The van der Waals surface area contributed by atoms with Crippen LogP contribution in [0.1, 0.15) is 6.92 Å². The lowest BCUT2D eigenvalue weighted by atomic mass is 10.0. The number of ether oxygens (including phenoxy) is 1. The molecule has 2 heterocycles. The number of aliphatic hydroxyl groups is 1. The van der Waals surface area contributed by atoms with E-state index >= 15 is 0 Å². The first-order valence-corrected chi connectivity index (χ1v) is 3.82. The quantitative estimate of drug-likeness (QED) is 0.473. The molecule has 0 aromatic carbocycles. The minimum absolute atomic E-state index is 0.204. The van der Waals surface area contributed by atoms with Crippen LogP contribution in [-0.2, 0) is 4.74 Å². The van der Waals surface area contributed by atoms with Gasteiger partial charge in [0.25, 0.3) is 0 Å². The van der Waals surface area contributed by atoms with Crippen molar-refractivity contribution in [2.75, 3.05) is 13.2 Å². The third-order valence-electron chi connectivity index (χ3n) is 2.46. The first-order chi connectivity index (χ1) is 4.79. The minimum atomic E-state index is -0.282. The number of nitrogens with one attached hydrogen (secondary N) is 1. The fourth-order valence-electron chi connectivity index (χ4n) is 1.84. The summed E-state index contributed by atoms with van der Waals surface area (Å²) < 4.78 is 5.39. The van der Waals surface area contributed by atoms with E-state index < -0.39 is 0 Å². The van der Waals surface area contributed by atoms with Crippen LogP contribution in [0.4, 0.5) is 0 Å². The van der Waals surface area contributed by atoms with Crippen molar-refractivity contribution in [1.82, 2.24) is 5.32 Å². The van der Waals surface area contributed by atoms with Gasteiger partial charge in [-0.25, -0.2) is 0 Å². The summed E-state index contributed by atoms with van der Waals surface area (Å²) in [5.74, 6) is 0.558. The molecule has 2 aliphatic rings. The van der Waals surface area contributed by atoms with Crippen molar-refractivity contribution >= 4 is 0 Å². The van der Waals surface area contributed by atoms with Crippen LogP contribution < -0.4 is 5.32 Å². The van der Waals surface area contributed by atoms with Crippen LogP contribution in [0.3, 0.4) is 0 Å². The average molecular weight is 143 g/mol. The molecule has 0 aromatic rings. The van der Waals surface area contributed by atoms with E-state index in [1.807, 2.05) is 0 Å². The number of rotatable bonds is 0. The molecule has 0 radical (unpaired) electrons. The van der Waals surface area contributed by atoms with Gasteiger partial charge in [-0.1, -0.05) is 6.92 Å². The second-order valence-corrected chi connectivity index (χ2v) is 3.28. The molecule has 3 nitrogen and oxygen atoms in total. The van der Waals surface area contributed by atoms with Crippen molar-refractivity contribution in [3.63, 3.8) is 0 Å². The third-order valence-corrected chi connectivity index (χ3v) is 2.46. The molecule has 10 heavy (non-hydrogen) atoms. The predicted octanol–water partition coefficient (Wildman–Crippen LogP) is -0.646. The highest BCUT2D eigenvalue weighted by Gasteiger charge is 2.43. The molecule has 0 saturated carbocycles. The van der Waals surface area contributed by atoms with Gasteiger partial charge < -0.3 is 15.2 Å². The number of hydrogen-bond donors (Lipinski definition) is 2. The Balaban J connectivity index is 2.09. The van der Waals surface area contributed by atoms with Crippen molar-refractivity contribution in [3.8, 4) is 0 Å². The normalized spacial score (nSPS) is 53.4. The van der Waals surface area contributed by atoms with E-state index in [-0.39, 0.29) is 18.2 Å². The fraction of sp³-hybridized carbons (Fsp3) is 1.00. The second kappa shape index (κ2) is 2.19. The van der Waals surface area contributed by atoms with Gasteiger partial charge in [-0.3, -0.25) is 0 Å². The lowest BCUT2D eigenvalue weighted by Gasteiger charge is -2.11. The van der Waals surface area contributed by atoms with Gasteiger partial charge in [0, 0.05) is 6.54 Å². The van der Waals surface area contributed by atoms with E-state index in [1.165, 1.54) is 0 Å². The van der Waals surface area contributed by atoms with Gasteiger partial charge in [-0.2, -0.15) is 0 Å². The smallest absolute Gasteiger partial charge is 0.0951 e.